The maximum atomic E-state index is 12.1. The lowest BCUT2D eigenvalue weighted by Crippen LogP contribution is -2.05. The van der Waals surface area contributed by atoms with Crippen molar-refractivity contribution >= 4 is 34.4 Å². The molecule has 0 fully saturated rings. The normalized spacial score (nSPS) is 11.2. The molecule has 0 saturated heterocycles. The highest BCUT2D eigenvalue weighted by atomic mass is 32.1. The fraction of sp³-hybridized carbons (Fsp3) is 0.0870. The number of rotatable bonds is 7. The first-order valence-corrected chi connectivity index (χ1v) is 10.4. The lowest BCUT2D eigenvalue weighted by molar-refractivity contribution is -0.384. The second-order valence-electron chi connectivity index (χ2n) is 6.64. The molecular weight excluding hydrogens is 428 g/mol. The molecule has 0 spiro atoms. The van der Waals surface area contributed by atoms with E-state index >= 15 is 0 Å². The van der Waals surface area contributed by atoms with Crippen LogP contribution in [0, 0.1) is 10.1 Å². The molecule has 4 rings (SSSR count). The molecule has 1 aromatic heterocycles. The highest BCUT2D eigenvalue weighted by Gasteiger charge is 2.26. The highest BCUT2D eigenvalue weighted by Crippen LogP contribution is 2.32. The summed E-state index contributed by atoms with van der Waals surface area (Å²) < 4.78 is 12.5. The van der Waals surface area contributed by atoms with Gasteiger partial charge in [-0.1, -0.05) is 18.2 Å². The Bertz CT molecular complexity index is 1280. The van der Waals surface area contributed by atoms with Crippen molar-refractivity contribution in [3.8, 4) is 17.2 Å². The van der Waals surface area contributed by atoms with Crippen molar-refractivity contribution in [2.24, 2.45) is 4.99 Å². The van der Waals surface area contributed by atoms with Crippen LogP contribution < -0.4 is 19.5 Å². The smallest absolute Gasteiger partial charge is 0.348 e. The lowest BCUT2D eigenvalue weighted by atomic mass is 10.3. The van der Waals surface area contributed by atoms with Crippen molar-refractivity contribution in [2.75, 3.05) is 19.5 Å². The van der Waals surface area contributed by atoms with Crippen LogP contribution in [-0.4, -0.2) is 23.1 Å². The zero-order chi connectivity index (χ0) is 22.5. The third kappa shape index (κ3) is 4.47. The molecule has 1 N–H and O–H groups in total. The predicted molar refractivity (Wildman–Crippen MR) is 125 cm³/mol. The second-order valence-corrected chi connectivity index (χ2v) is 7.58. The Hall–Kier alpha value is -4.11. The van der Waals surface area contributed by atoms with Crippen molar-refractivity contribution in [1.82, 2.24) is 3.96 Å². The van der Waals surface area contributed by atoms with E-state index in [-0.39, 0.29) is 10.4 Å². The Kier molecular flexibility index (Phi) is 6.18. The Balaban J connectivity index is 1.90. The van der Waals surface area contributed by atoms with Crippen molar-refractivity contribution in [2.45, 2.75) is 0 Å². The second kappa shape index (κ2) is 9.36. The first-order chi connectivity index (χ1) is 15.6. The number of para-hydroxylation sites is 1. The van der Waals surface area contributed by atoms with Crippen molar-refractivity contribution in [1.29, 1.82) is 0 Å². The van der Waals surface area contributed by atoms with E-state index in [0.29, 0.717) is 28.7 Å². The van der Waals surface area contributed by atoms with E-state index in [4.69, 9.17) is 9.47 Å². The standard InChI is InChI=1S/C23H20N4O4S/c1-30-19-12-8-17(9-13-19)24-22-21(27(28)29)23(25-16-6-4-3-5-7-16)32-26(22)18-10-14-20(31-2)15-11-18/h3-15,24H,1-2H3. The SMILES string of the molecule is COc1ccc(Nc2c([N+](=O)[O-])c(=Nc3ccccc3)sn2-c2ccc(OC)cc2)cc1. The summed E-state index contributed by atoms with van der Waals surface area (Å²) in [7, 11) is 3.17. The number of methoxy groups -OCH3 is 2. The number of hydrogen-bond donors (Lipinski definition) is 1. The van der Waals surface area contributed by atoms with E-state index in [1.54, 1.807) is 66.7 Å². The van der Waals surface area contributed by atoms with Gasteiger partial charge in [0, 0.05) is 5.69 Å². The maximum absolute atomic E-state index is 12.1. The van der Waals surface area contributed by atoms with Gasteiger partial charge < -0.3 is 14.8 Å². The van der Waals surface area contributed by atoms with Crippen LogP contribution in [0.5, 0.6) is 11.5 Å². The molecule has 0 unspecified atom stereocenters. The third-order valence-corrected chi connectivity index (χ3v) is 5.67. The first-order valence-electron chi connectivity index (χ1n) is 9.65. The number of aromatic nitrogens is 1. The summed E-state index contributed by atoms with van der Waals surface area (Å²) in [5.74, 6) is 1.70. The summed E-state index contributed by atoms with van der Waals surface area (Å²) in [6.45, 7) is 0. The zero-order valence-corrected chi connectivity index (χ0v) is 18.2. The van der Waals surface area contributed by atoms with Crippen LogP contribution in [0.25, 0.3) is 5.69 Å². The van der Waals surface area contributed by atoms with Crippen molar-refractivity contribution in [3.63, 3.8) is 0 Å². The minimum Gasteiger partial charge on any atom is -0.497 e. The Morgan fingerprint density at radius 1 is 0.906 bits per heavy atom. The van der Waals surface area contributed by atoms with Gasteiger partial charge in [0.2, 0.25) is 10.5 Å². The van der Waals surface area contributed by atoms with Crippen LogP contribution in [-0.2, 0) is 0 Å². The fourth-order valence-electron chi connectivity index (χ4n) is 3.05. The number of anilines is 2. The molecule has 162 valence electrons. The third-order valence-electron chi connectivity index (χ3n) is 4.64. The molecule has 8 nitrogen and oxygen atoms in total. The average Bonchev–Trinajstić information content (AvgIpc) is 3.18. The first kappa shape index (κ1) is 21.1. The van der Waals surface area contributed by atoms with Gasteiger partial charge in [-0.05, 0) is 72.2 Å². The molecule has 32 heavy (non-hydrogen) atoms. The van der Waals surface area contributed by atoms with Crippen LogP contribution in [0.2, 0.25) is 0 Å². The van der Waals surface area contributed by atoms with Crippen LogP contribution in [0.4, 0.5) is 22.9 Å². The number of nitrogens with one attached hydrogen (secondary N) is 1. The molecular formula is C23H20N4O4S. The van der Waals surface area contributed by atoms with Crippen LogP contribution >= 0.6 is 11.5 Å². The van der Waals surface area contributed by atoms with E-state index in [1.807, 2.05) is 30.3 Å². The van der Waals surface area contributed by atoms with Crippen LogP contribution in [0.15, 0.2) is 83.9 Å². The van der Waals surface area contributed by atoms with Crippen LogP contribution in [0.3, 0.4) is 0 Å². The van der Waals surface area contributed by atoms with Crippen molar-refractivity contribution < 1.29 is 14.4 Å². The van der Waals surface area contributed by atoms with E-state index in [2.05, 4.69) is 10.3 Å². The monoisotopic (exact) mass is 448 g/mol. The Morgan fingerprint density at radius 3 is 2.06 bits per heavy atom. The molecule has 0 saturated carbocycles. The molecule has 0 amide bonds. The van der Waals surface area contributed by atoms with E-state index in [1.165, 1.54) is 11.5 Å². The molecule has 0 atom stereocenters. The van der Waals surface area contributed by atoms with Gasteiger partial charge in [-0.15, -0.1) is 0 Å². The minimum absolute atomic E-state index is 0.106. The van der Waals surface area contributed by atoms with E-state index in [0.717, 1.165) is 5.69 Å². The Labute approximate surface area is 188 Å². The number of nitrogens with zero attached hydrogens (tertiary/aromatic N) is 3. The van der Waals surface area contributed by atoms with Gasteiger partial charge in [-0.25, -0.2) is 8.95 Å². The molecule has 0 bridgehead atoms. The topological polar surface area (TPSA) is 90.9 Å². The summed E-state index contributed by atoms with van der Waals surface area (Å²) in [5, 5.41) is 15.3. The summed E-state index contributed by atoms with van der Waals surface area (Å²) in [4.78, 5) is 16.3. The largest absolute Gasteiger partial charge is 0.497 e. The van der Waals surface area contributed by atoms with Gasteiger partial charge in [0.05, 0.1) is 30.5 Å². The molecule has 0 aliphatic rings. The van der Waals surface area contributed by atoms with Crippen molar-refractivity contribution in [3.05, 3.63) is 93.6 Å². The number of ether oxygens (including phenoxy) is 2. The van der Waals surface area contributed by atoms with Crippen LogP contribution in [0.1, 0.15) is 0 Å². The zero-order valence-electron chi connectivity index (χ0n) is 17.4. The maximum Gasteiger partial charge on any atom is 0.348 e. The molecule has 0 aliphatic heterocycles. The number of nitro groups is 1. The highest BCUT2D eigenvalue weighted by molar-refractivity contribution is 7.05. The molecule has 4 aromatic rings. The van der Waals surface area contributed by atoms with Gasteiger partial charge in [0.1, 0.15) is 11.5 Å². The summed E-state index contributed by atoms with van der Waals surface area (Å²) in [6.07, 6.45) is 0. The van der Waals surface area contributed by atoms with E-state index < -0.39 is 4.92 Å². The van der Waals surface area contributed by atoms with E-state index in [9.17, 15) is 10.1 Å². The average molecular weight is 449 g/mol. The minimum atomic E-state index is -0.413. The quantitative estimate of drug-likeness (QED) is 0.300. The summed E-state index contributed by atoms with van der Waals surface area (Å²) in [5.41, 5.74) is 1.95. The van der Waals surface area contributed by atoms with Gasteiger partial charge in [0.25, 0.3) is 0 Å². The summed E-state index contributed by atoms with van der Waals surface area (Å²) in [6, 6.07) is 23.6. The predicted octanol–water partition coefficient (Wildman–Crippen LogP) is 5.44. The van der Waals surface area contributed by atoms with Gasteiger partial charge in [-0.3, -0.25) is 10.1 Å². The Morgan fingerprint density at radius 2 is 1.50 bits per heavy atom. The molecule has 1 heterocycles. The summed E-state index contributed by atoms with van der Waals surface area (Å²) >= 11 is 1.18. The van der Waals surface area contributed by atoms with Gasteiger partial charge in [-0.2, -0.15) is 0 Å². The lowest BCUT2D eigenvalue weighted by Gasteiger charge is -2.11. The molecule has 9 heteroatoms. The van der Waals surface area contributed by atoms with Gasteiger partial charge in [0.15, 0.2) is 0 Å². The molecule has 3 aromatic carbocycles. The number of benzene rings is 3. The molecule has 0 radical (unpaired) electrons. The number of hydrogen-bond acceptors (Lipinski definition) is 7. The molecule has 0 aliphatic carbocycles. The van der Waals surface area contributed by atoms with Gasteiger partial charge >= 0.3 is 5.69 Å². The fourth-order valence-corrected chi connectivity index (χ4v) is 4.08.